The maximum atomic E-state index is 13.0. The minimum atomic E-state index is -0.818. The number of rotatable bonds is 7. The smallest absolute Gasteiger partial charge is 0.346 e. The first-order chi connectivity index (χ1) is 21.7. The molecule has 6 rings (SSSR count). The zero-order chi connectivity index (χ0) is 31.8. The van der Waals surface area contributed by atoms with Gasteiger partial charge in [-0.3, -0.25) is 14.2 Å². The summed E-state index contributed by atoms with van der Waals surface area (Å²) in [6.45, 7) is 1.54. The van der Waals surface area contributed by atoms with Gasteiger partial charge in [-0.15, -0.1) is 0 Å². The Balaban J connectivity index is 1.32. The van der Waals surface area contributed by atoms with Crippen LogP contribution in [0.15, 0.2) is 52.1 Å². The summed E-state index contributed by atoms with van der Waals surface area (Å²) in [5.74, 6) is -0.226. The van der Waals surface area contributed by atoms with Crippen LogP contribution in [0.2, 0.25) is 10.0 Å². The van der Waals surface area contributed by atoms with E-state index in [1.165, 1.54) is 19.7 Å². The number of carbonyl (C=O) groups is 1. The van der Waals surface area contributed by atoms with Crippen molar-refractivity contribution in [3.8, 4) is 28.3 Å². The molecule has 2 aliphatic rings. The van der Waals surface area contributed by atoms with E-state index in [1.807, 2.05) is 18.2 Å². The lowest BCUT2D eigenvalue weighted by Gasteiger charge is -2.27. The number of ether oxygens (including phenoxy) is 2. The Labute approximate surface area is 269 Å². The van der Waals surface area contributed by atoms with Gasteiger partial charge in [-0.2, -0.15) is 5.10 Å². The number of hydrogen-bond donors (Lipinski definition) is 2. The number of methoxy groups -OCH3 is 1. The summed E-state index contributed by atoms with van der Waals surface area (Å²) in [5, 5.41) is 10.9. The normalized spacial score (nSPS) is 16.4. The van der Waals surface area contributed by atoms with Gasteiger partial charge in [0.05, 0.1) is 28.5 Å². The van der Waals surface area contributed by atoms with E-state index in [9.17, 15) is 14.4 Å². The lowest BCUT2D eigenvalue weighted by atomic mass is 9.99. The van der Waals surface area contributed by atoms with Gasteiger partial charge in [0.15, 0.2) is 0 Å². The topological polar surface area (TPSA) is 129 Å². The van der Waals surface area contributed by atoms with Crippen molar-refractivity contribution >= 4 is 34.8 Å². The van der Waals surface area contributed by atoms with Crippen molar-refractivity contribution in [2.45, 2.75) is 37.8 Å². The monoisotopic (exact) mass is 650 g/mol. The van der Waals surface area contributed by atoms with Gasteiger partial charge >= 0.3 is 5.69 Å². The third-order valence-corrected chi connectivity index (χ3v) is 9.17. The Kier molecular flexibility index (Phi) is 8.78. The van der Waals surface area contributed by atoms with Crippen LogP contribution in [-0.4, -0.2) is 51.6 Å². The first-order valence-corrected chi connectivity index (χ1v) is 15.4. The van der Waals surface area contributed by atoms with Crippen molar-refractivity contribution in [1.82, 2.24) is 24.6 Å². The molecule has 1 fully saturated rings. The van der Waals surface area contributed by atoms with Gasteiger partial charge < -0.3 is 20.1 Å². The molecule has 234 valence electrons. The maximum Gasteiger partial charge on any atom is 0.346 e. The van der Waals surface area contributed by atoms with Crippen molar-refractivity contribution in [3.05, 3.63) is 90.2 Å². The zero-order valence-electron chi connectivity index (χ0n) is 25.0. The molecule has 2 N–H and O–H groups in total. The number of hydrogen-bond acceptors (Lipinski definition) is 8. The van der Waals surface area contributed by atoms with Crippen LogP contribution in [0.25, 0.3) is 22.4 Å². The molecule has 0 spiro atoms. The molecule has 1 aliphatic heterocycles. The van der Waals surface area contributed by atoms with Gasteiger partial charge in [-0.25, -0.2) is 14.5 Å². The number of aryl methyl sites for hydroxylation is 2. The summed E-state index contributed by atoms with van der Waals surface area (Å²) in [5.41, 5.74) is 3.19. The second kappa shape index (κ2) is 12.8. The fourth-order valence-corrected chi connectivity index (χ4v) is 6.61. The van der Waals surface area contributed by atoms with Crippen LogP contribution >= 0.6 is 23.2 Å². The lowest BCUT2D eigenvalue weighted by Crippen LogP contribution is -2.43. The van der Waals surface area contributed by atoms with Crippen LogP contribution in [0.4, 0.5) is 5.69 Å². The number of amides is 1. The number of aromatic nitrogens is 4. The predicted octanol–water partition coefficient (Wildman–Crippen LogP) is 4.53. The molecule has 2 aromatic carbocycles. The second-order valence-electron chi connectivity index (χ2n) is 11.1. The van der Waals surface area contributed by atoms with E-state index in [1.54, 1.807) is 25.3 Å². The molecule has 0 unspecified atom stereocenters. The highest BCUT2D eigenvalue weighted by molar-refractivity contribution is 6.39. The van der Waals surface area contributed by atoms with Crippen LogP contribution < -0.4 is 26.6 Å². The molecule has 0 bridgehead atoms. The third kappa shape index (κ3) is 5.88. The highest BCUT2D eigenvalue weighted by Gasteiger charge is 2.31. The molecule has 3 heterocycles. The molecule has 0 radical (unpaired) electrons. The number of anilines is 1. The third-order valence-electron chi connectivity index (χ3n) is 8.36. The number of carbonyl (C=O) groups excluding carboxylic acids is 1. The molecular weight excluding hydrogens is 619 g/mol. The first-order valence-electron chi connectivity index (χ1n) is 14.6. The van der Waals surface area contributed by atoms with Crippen molar-refractivity contribution in [2.24, 2.45) is 14.1 Å². The Morgan fingerprint density at radius 3 is 2.42 bits per heavy atom. The van der Waals surface area contributed by atoms with Crippen LogP contribution in [0.1, 0.15) is 46.9 Å². The minimum Gasteiger partial charge on any atom is -0.481 e. The highest BCUT2D eigenvalue weighted by Crippen LogP contribution is 2.44. The molecule has 1 aliphatic carbocycles. The van der Waals surface area contributed by atoms with Crippen molar-refractivity contribution in [1.29, 1.82) is 0 Å². The molecular formula is C32H32Cl2N6O5. The number of pyridine rings is 1. The molecule has 4 aromatic rings. The van der Waals surface area contributed by atoms with E-state index in [4.69, 9.17) is 37.7 Å². The van der Waals surface area contributed by atoms with Gasteiger partial charge in [0.2, 0.25) is 11.6 Å². The van der Waals surface area contributed by atoms with Crippen molar-refractivity contribution in [2.75, 3.05) is 25.6 Å². The Morgan fingerprint density at radius 2 is 1.69 bits per heavy atom. The Hall–Kier alpha value is -4.03. The molecule has 0 saturated carbocycles. The van der Waals surface area contributed by atoms with Crippen LogP contribution in [0, 0.1) is 0 Å². The Bertz CT molecular complexity index is 1920. The number of benzene rings is 2. The van der Waals surface area contributed by atoms with E-state index in [0.29, 0.717) is 39.3 Å². The van der Waals surface area contributed by atoms with E-state index in [-0.39, 0.29) is 16.8 Å². The fourth-order valence-electron chi connectivity index (χ4n) is 6.01. The fraction of sp³-hybridized carbons (Fsp3) is 0.344. The van der Waals surface area contributed by atoms with E-state index in [0.717, 1.165) is 53.7 Å². The van der Waals surface area contributed by atoms with Crippen LogP contribution in [0.5, 0.6) is 5.88 Å². The van der Waals surface area contributed by atoms with Gasteiger partial charge in [0.1, 0.15) is 0 Å². The van der Waals surface area contributed by atoms with Crippen molar-refractivity contribution < 1.29 is 14.3 Å². The molecule has 13 heteroatoms. The predicted molar refractivity (Wildman–Crippen MR) is 172 cm³/mol. The SMILES string of the molecule is COc1nc(-c2cccc(-c3cccc(NC(=O)c4nn(C)c(=O)n(C)c4=O)c3Cl)c2Cl)cc2c1[C@H](NC1CCOCC1)CC2. The van der Waals surface area contributed by atoms with Crippen molar-refractivity contribution in [3.63, 3.8) is 0 Å². The highest BCUT2D eigenvalue weighted by atomic mass is 35.5. The Morgan fingerprint density at radius 1 is 1.00 bits per heavy atom. The summed E-state index contributed by atoms with van der Waals surface area (Å²) >= 11 is 13.9. The van der Waals surface area contributed by atoms with Crippen LogP contribution in [-0.2, 0) is 25.3 Å². The summed E-state index contributed by atoms with van der Waals surface area (Å²) in [6, 6.07) is 13.3. The summed E-state index contributed by atoms with van der Waals surface area (Å²) in [7, 11) is 4.27. The van der Waals surface area contributed by atoms with E-state index >= 15 is 0 Å². The number of nitrogens with one attached hydrogen (secondary N) is 2. The lowest BCUT2D eigenvalue weighted by molar-refractivity contribution is 0.0747. The average molecular weight is 652 g/mol. The molecule has 11 nitrogen and oxygen atoms in total. The molecule has 1 saturated heterocycles. The molecule has 2 aromatic heterocycles. The average Bonchev–Trinajstić information content (AvgIpc) is 3.45. The summed E-state index contributed by atoms with van der Waals surface area (Å²) < 4.78 is 13.1. The van der Waals surface area contributed by atoms with Gasteiger partial charge in [-0.1, -0.05) is 53.5 Å². The van der Waals surface area contributed by atoms with Gasteiger partial charge in [-0.05, 0) is 43.4 Å². The van der Waals surface area contributed by atoms with Crippen LogP contribution in [0.3, 0.4) is 0 Å². The maximum absolute atomic E-state index is 13.0. The van der Waals surface area contributed by atoms with E-state index < -0.39 is 22.9 Å². The quantitative estimate of drug-likeness (QED) is 0.298. The van der Waals surface area contributed by atoms with E-state index in [2.05, 4.69) is 21.8 Å². The summed E-state index contributed by atoms with van der Waals surface area (Å²) in [4.78, 5) is 42.5. The standard InChI is InChI=1S/C32H32Cl2N6O5/c1-39-31(42)28(38-40(2)32(39)43)29(41)36-23-9-5-7-20(27(23)34)19-6-4-8-21(26(19)33)24-16-17-10-11-22(25(17)30(37-24)44-3)35-18-12-14-45-15-13-18/h4-9,16,18,22,35H,10-15H2,1-3H3,(H,36,41)/t22-/m1/s1. The number of fused-ring (bicyclic) bond motifs is 1. The summed E-state index contributed by atoms with van der Waals surface area (Å²) in [6.07, 6.45) is 3.81. The molecule has 1 atom stereocenters. The largest absolute Gasteiger partial charge is 0.481 e. The van der Waals surface area contributed by atoms with Gasteiger partial charge in [0, 0.05) is 61.6 Å². The zero-order valence-corrected chi connectivity index (χ0v) is 26.5. The van der Waals surface area contributed by atoms with Gasteiger partial charge in [0.25, 0.3) is 11.5 Å². The molecule has 1 amide bonds. The second-order valence-corrected chi connectivity index (χ2v) is 11.9. The minimum absolute atomic E-state index is 0.161. The molecule has 45 heavy (non-hydrogen) atoms. The number of halogens is 2. The first kappa shape index (κ1) is 31.0. The number of nitrogens with zero attached hydrogens (tertiary/aromatic N) is 4.